The smallest absolute Gasteiger partial charge is 0.234 e. The third-order valence-electron chi connectivity index (χ3n) is 4.37. The maximum atomic E-state index is 13.2. The third-order valence-corrected chi connectivity index (χ3v) is 5.64. The number of para-hydroxylation sites is 1. The highest BCUT2D eigenvalue weighted by molar-refractivity contribution is 7.99. The summed E-state index contributed by atoms with van der Waals surface area (Å²) >= 11 is 7.35. The van der Waals surface area contributed by atoms with Gasteiger partial charge in [0.1, 0.15) is 11.6 Å². The van der Waals surface area contributed by atoms with Gasteiger partial charge in [0.05, 0.1) is 10.8 Å². The van der Waals surface area contributed by atoms with Gasteiger partial charge in [-0.3, -0.25) is 4.79 Å². The molecule has 9 heteroatoms. The number of thioether (sulfide) groups is 1. The molecule has 6 nitrogen and oxygen atoms in total. The van der Waals surface area contributed by atoms with E-state index in [2.05, 4.69) is 15.5 Å². The van der Waals surface area contributed by atoms with E-state index in [4.69, 9.17) is 16.3 Å². The summed E-state index contributed by atoms with van der Waals surface area (Å²) in [6, 6.07) is 11.6. The van der Waals surface area contributed by atoms with Crippen LogP contribution in [0.3, 0.4) is 0 Å². The first kappa shape index (κ1) is 22.1. The van der Waals surface area contributed by atoms with Crippen LogP contribution in [0.5, 0.6) is 5.75 Å². The Morgan fingerprint density at radius 3 is 2.77 bits per heavy atom. The van der Waals surface area contributed by atoms with E-state index in [1.807, 2.05) is 49.6 Å². The highest BCUT2D eigenvalue weighted by Gasteiger charge is 2.20. The lowest BCUT2D eigenvalue weighted by Gasteiger charge is -2.16. The van der Waals surface area contributed by atoms with E-state index in [-0.39, 0.29) is 16.7 Å². The molecule has 0 saturated heterocycles. The number of aryl methyl sites for hydroxylation is 1. The van der Waals surface area contributed by atoms with Crippen LogP contribution in [0.1, 0.15) is 31.3 Å². The van der Waals surface area contributed by atoms with Gasteiger partial charge >= 0.3 is 0 Å². The van der Waals surface area contributed by atoms with Gasteiger partial charge in [-0.05, 0) is 50.6 Å². The summed E-state index contributed by atoms with van der Waals surface area (Å²) in [5.74, 6) is 0.608. The van der Waals surface area contributed by atoms with E-state index in [9.17, 15) is 9.18 Å². The van der Waals surface area contributed by atoms with Gasteiger partial charge in [-0.1, -0.05) is 41.6 Å². The van der Waals surface area contributed by atoms with Gasteiger partial charge in [-0.15, -0.1) is 10.2 Å². The van der Waals surface area contributed by atoms with Crippen molar-refractivity contribution < 1.29 is 13.9 Å². The van der Waals surface area contributed by atoms with Gasteiger partial charge in [-0.25, -0.2) is 4.39 Å². The van der Waals surface area contributed by atoms with E-state index >= 15 is 0 Å². The van der Waals surface area contributed by atoms with Crippen molar-refractivity contribution in [2.75, 3.05) is 11.1 Å². The lowest BCUT2D eigenvalue weighted by Crippen LogP contribution is -2.16. The Labute approximate surface area is 183 Å². The van der Waals surface area contributed by atoms with E-state index in [1.54, 1.807) is 0 Å². The fraction of sp³-hybridized carbons (Fsp3) is 0.286. The van der Waals surface area contributed by atoms with E-state index < -0.39 is 11.9 Å². The number of hydrogen-bond acceptors (Lipinski definition) is 5. The minimum atomic E-state index is -0.462. The summed E-state index contributed by atoms with van der Waals surface area (Å²) in [7, 11) is 0. The number of benzene rings is 2. The summed E-state index contributed by atoms with van der Waals surface area (Å²) in [4.78, 5) is 12.3. The molecule has 0 bridgehead atoms. The Kier molecular flexibility index (Phi) is 7.33. The van der Waals surface area contributed by atoms with Crippen molar-refractivity contribution >= 4 is 35.0 Å². The van der Waals surface area contributed by atoms with Gasteiger partial charge in [-0.2, -0.15) is 0 Å². The summed E-state index contributed by atoms with van der Waals surface area (Å²) in [5, 5.41) is 12.1. The number of carbonyl (C=O) groups excluding carboxylic acids is 1. The van der Waals surface area contributed by atoms with Crippen molar-refractivity contribution in [3.63, 3.8) is 0 Å². The van der Waals surface area contributed by atoms with Gasteiger partial charge in [0.15, 0.2) is 17.1 Å². The van der Waals surface area contributed by atoms with Crippen LogP contribution in [0, 0.1) is 12.7 Å². The van der Waals surface area contributed by atoms with Crippen LogP contribution in [0.15, 0.2) is 47.6 Å². The lowest BCUT2D eigenvalue weighted by atomic mass is 10.2. The monoisotopic (exact) mass is 448 g/mol. The number of nitrogens with one attached hydrogen (secondary N) is 1. The van der Waals surface area contributed by atoms with E-state index in [0.717, 1.165) is 11.3 Å². The van der Waals surface area contributed by atoms with Crippen LogP contribution in [-0.2, 0) is 11.3 Å². The third kappa shape index (κ3) is 5.31. The largest absolute Gasteiger partial charge is 0.481 e. The molecular weight excluding hydrogens is 427 g/mol. The molecule has 0 saturated carbocycles. The van der Waals surface area contributed by atoms with Gasteiger partial charge < -0.3 is 14.6 Å². The van der Waals surface area contributed by atoms with Crippen LogP contribution < -0.4 is 10.1 Å². The average Bonchev–Trinajstić information content (AvgIpc) is 3.13. The first-order valence-corrected chi connectivity index (χ1v) is 10.8. The van der Waals surface area contributed by atoms with Gasteiger partial charge in [0.25, 0.3) is 0 Å². The highest BCUT2D eigenvalue weighted by atomic mass is 35.5. The second-order valence-corrected chi connectivity index (χ2v) is 7.92. The predicted molar refractivity (Wildman–Crippen MR) is 117 cm³/mol. The molecule has 1 amide bonds. The zero-order valence-corrected chi connectivity index (χ0v) is 18.4. The molecule has 2 aromatic carbocycles. The fourth-order valence-corrected chi connectivity index (χ4v) is 3.87. The van der Waals surface area contributed by atoms with Crippen molar-refractivity contribution in [2.45, 2.75) is 38.6 Å². The molecule has 0 aliphatic rings. The van der Waals surface area contributed by atoms with Crippen molar-refractivity contribution in [2.24, 2.45) is 0 Å². The zero-order valence-electron chi connectivity index (χ0n) is 16.9. The normalized spacial score (nSPS) is 11.9. The summed E-state index contributed by atoms with van der Waals surface area (Å²) in [6.07, 6.45) is -0.462. The number of anilines is 1. The molecule has 158 valence electrons. The van der Waals surface area contributed by atoms with Gasteiger partial charge in [0, 0.05) is 12.2 Å². The predicted octanol–water partition coefficient (Wildman–Crippen LogP) is 5.27. The van der Waals surface area contributed by atoms with Crippen molar-refractivity contribution in [1.82, 2.24) is 14.8 Å². The van der Waals surface area contributed by atoms with Crippen LogP contribution in [-0.4, -0.2) is 26.4 Å². The summed E-state index contributed by atoms with van der Waals surface area (Å²) < 4.78 is 21.0. The number of rotatable bonds is 8. The summed E-state index contributed by atoms with van der Waals surface area (Å²) in [6.45, 7) is 6.32. The number of amides is 1. The maximum absolute atomic E-state index is 13.2. The first-order chi connectivity index (χ1) is 14.4. The number of carbonyl (C=O) groups is 1. The highest BCUT2D eigenvalue weighted by Crippen LogP contribution is 2.30. The van der Waals surface area contributed by atoms with E-state index in [1.165, 1.54) is 30.0 Å². The van der Waals surface area contributed by atoms with Crippen molar-refractivity contribution in [1.29, 1.82) is 0 Å². The summed E-state index contributed by atoms with van der Waals surface area (Å²) in [5.41, 5.74) is 1.79. The zero-order chi connectivity index (χ0) is 21.7. The van der Waals surface area contributed by atoms with Crippen LogP contribution in [0.4, 0.5) is 10.1 Å². The fourth-order valence-electron chi connectivity index (χ4n) is 2.85. The molecule has 3 rings (SSSR count). The molecule has 30 heavy (non-hydrogen) atoms. The Morgan fingerprint density at radius 2 is 2.07 bits per heavy atom. The molecular formula is C21H22ClFN4O2S. The standard InChI is InChI=1S/C21H22ClFN4O2S/c1-4-27-20(14(3)29-18-10-9-15(23)11-16(18)22)25-26-21(27)30-12-19(28)24-17-8-6-5-7-13(17)2/h5-11,14H,4,12H2,1-3H3,(H,24,28). The number of aromatic nitrogens is 3. The Balaban J connectivity index is 1.66. The molecule has 0 aliphatic heterocycles. The molecule has 3 aromatic rings. The second kappa shape index (κ2) is 9.95. The SMILES string of the molecule is CCn1c(SCC(=O)Nc2ccccc2C)nnc1C(C)Oc1ccc(F)cc1Cl. The number of hydrogen-bond donors (Lipinski definition) is 1. The van der Waals surface area contributed by atoms with Crippen LogP contribution in [0.2, 0.25) is 5.02 Å². The molecule has 1 atom stereocenters. The van der Waals surface area contributed by atoms with E-state index in [0.29, 0.717) is 23.3 Å². The Hall–Kier alpha value is -2.58. The number of nitrogens with zero attached hydrogens (tertiary/aromatic N) is 3. The molecule has 1 aromatic heterocycles. The molecule has 0 fully saturated rings. The first-order valence-electron chi connectivity index (χ1n) is 9.42. The lowest BCUT2D eigenvalue weighted by molar-refractivity contribution is -0.113. The second-order valence-electron chi connectivity index (χ2n) is 6.57. The van der Waals surface area contributed by atoms with Gasteiger partial charge in [0.2, 0.25) is 5.91 Å². The molecule has 0 aliphatic carbocycles. The average molecular weight is 449 g/mol. The Morgan fingerprint density at radius 1 is 1.30 bits per heavy atom. The number of halogens is 2. The molecule has 0 spiro atoms. The molecule has 1 unspecified atom stereocenters. The van der Waals surface area contributed by atoms with Crippen molar-refractivity contribution in [3.8, 4) is 5.75 Å². The minimum Gasteiger partial charge on any atom is -0.481 e. The minimum absolute atomic E-state index is 0.121. The van der Waals surface area contributed by atoms with Crippen LogP contribution >= 0.6 is 23.4 Å². The number of ether oxygens (including phenoxy) is 1. The molecule has 1 heterocycles. The molecule has 0 radical (unpaired) electrons. The van der Waals surface area contributed by atoms with Crippen molar-refractivity contribution in [3.05, 3.63) is 64.7 Å². The molecule has 1 N–H and O–H groups in total. The topological polar surface area (TPSA) is 69.0 Å². The maximum Gasteiger partial charge on any atom is 0.234 e. The quantitative estimate of drug-likeness (QED) is 0.475. The Bertz CT molecular complexity index is 1040. The van der Waals surface area contributed by atoms with Crippen LogP contribution in [0.25, 0.3) is 0 Å².